The molecule has 2 saturated heterocycles. The zero-order valence-corrected chi connectivity index (χ0v) is 13.3. The zero-order chi connectivity index (χ0) is 15.9. The van der Waals surface area contributed by atoms with Crippen LogP contribution in [-0.2, 0) is 23.8 Å². The van der Waals surface area contributed by atoms with Crippen LogP contribution < -0.4 is 0 Å². The van der Waals surface area contributed by atoms with Crippen LogP contribution in [0.1, 0.15) is 20.3 Å². The third kappa shape index (κ3) is 2.34. The van der Waals surface area contributed by atoms with Crippen LogP contribution in [0.3, 0.4) is 0 Å². The first-order valence-corrected chi connectivity index (χ1v) is 7.84. The number of rotatable bonds is 6. The molecule has 1 amide bonds. The summed E-state index contributed by atoms with van der Waals surface area (Å²) >= 11 is 0. The van der Waals surface area contributed by atoms with Gasteiger partial charge in [-0.3, -0.25) is 9.59 Å². The molecule has 22 heavy (non-hydrogen) atoms. The van der Waals surface area contributed by atoms with Crippen molar-refractivity contribution in [2.24, 2.45) is 11.8 Å². The standard InChI is InChI=1S/C16H23NO5/c1-10(2)21-8-4-7-17-9-16-6-5-11(22-16)12(15(19)20-3)13(16)14(17)18/h5-6,10-13H,4,7-9H2,1-3H3/t11-,12+,13-,16+/m0/s1. The van der Waals surface area contributed by atoms with Crippen LogP contribution in [0.2, 0.25) is 0 Å². The molecule has 122 valence electrons. The second kappa shape index (κ2) is 5.66. The molecule has 2 fully saturated rings. The van der Waals surface area contributed by atoms with Gasteiger partial charge in [0.15, 0.2) is 0 Å². The Morgan fingerprint density at radius 1 is 1.55 bits per heavy atom. The molecule has 0 aliphatic carbocycles. The summed E-state index contributed by atoms with van der Waals surface area (Å²) in [7, 11) is 1.35. The van der Waals surface area contributed by atoms with Crippen molar-refractivity contribution in [1.82, 2.24) is 4.90 Å². The van der Waals surface area contributed by atoms with Crippen LogP contribution in [0.15, 0.2) is 12.2 Å². The first kappa shape index (κ1) is 15.5. The molecule has 0 unspecified atom stereocenters. The maximum atomic E-state index is 12.7. The molecule has 0 radical (unpaired) electrons. The van der Waals surface area contributed by atoms with Crippen LogP contribution in [-0.4, -0.2) is 61.4 Å². The highest BCUT2D eigenvalue weighted by Crippen LogP contribution is 2.52. The second-order valence-electron chi connectivity index (χ2n) is 6.46. The van der Waals surface area contributed by atoms with E-state index in [1.807, 2.05) is 26.0 Å². The van der Waals surface area contributed by atoms with Gasteiger partial charge in [0.05, 0.1) is 31.8 Å². The fourth-order valence-electron chi connectivity index (χ4n) is 3.75. The Morgan fingerprint density at radius 3 is 3.00 bits per heavy atom. The Bertz CT molecular complexity index is 503. The van der Waals surface area contributed by atoms with E-state index in [2.05, 4.69) is 0 Å². The van der Waals surface area contributed by atoms with Crippen LogP contribution in [0.25, 0.3) is 0 Å². The molecule has 0 aromatic heterocycles. The molecule has 6 nitrogen and oxygen atoms in total. The molecule has 2 bridgehead atoms. The molecule has 3 heterocycles. The summed E-state index contributed by atoms with van der Waals surface area (Å²) < 4.78 is 16.3. The fourth-order valence-corrected chi connectivity index (χ4v) is 3.75. The summed E-state index contributed by atoms with van der Waals surface area (Å²) in [5, 5.41) is 0. The predicted octanol–water partition coefficient (Wildman–Crippen LogP) is 0.756. The van der Waals surface area contributed by atoms with Crippen LogP contribution in [0, 0.1) is 11.8 Å². The predicted molar refractivity (Wildman–Crippen MR) is 78.0 cm³/mol. The van der Waals surface area contributed by atoms with Gasteiger partial charge in [0.25, 0.3) is 0 Å². The normalized spacial score (nSPS) is 35.5. The van der Waals surface area contributed by atoms with Gasteiger partial charge in [-0.05, 0) is 20.3 Å². The number of esters is 1. The van der Waals surface area contributed by atoms with Crippen molar-refractivity contribution in [2.75, 3.05) is 26.8 Å². The number of hydrogen-bond acceptors (Lipinski definition) is 5. The zero-order valence-electron chi connectivity index (χ0n) is 13.3. The molecule has 4 atom stereocenters. The maximum absolute atomic E-state index is 12.7. The van der Waals surface area contributed by atoms with E-state index in [-0.39, 0.29) is 24.1 Å². The van der Waals surface area contributed by atoms with E-state index >= 15 is 0 Å². The van der Waals surface area contributed by atoms with Gasteiger partial charge in [0, 0.05) is 13.2 Å². The lowest BCUT2D eigenvalue weighted by atomic mass is 9.77. The molecular weight excluding hydrogens is 286 g/mol. The van der Waals surface area contributed by atoms with Crippen molar-refractivity contribution in [2.45, 2.75) is 38.1 Å². The lowest BCUT2D eigenvalue weighted by molar-refractivity contribution is -0.151. The van der Waals surface area contributed by atoms with Gasteiger partial charge < -0.3 is 19.1 Å². The number of nitrogens with zero attached hydrogens (tertiary/aromatic N) is 1. The summed E-state index contributed by atoms with van der Waals surface area (Å²) in [6.07, 6.45) is 4.48. The summed E-state index contributed by atoms with van der Waals surface area (Å²) in [5.74, 6) is -1.33. The number of hydrogen-bond donors (Lipinski definition) is 0. The van der Waals surface area contributed by atoms with E-state index < -0.39 is 17.4 Å². The van der Waals surface area contributed by atoms with E-state index in [1.165, 1.54) is 7.11 Å². The molecule has 0 saturated carbocycles. The van der Waals surface area contributed by atoms with Crippen molar-refractivity contribution >= 4 is 11.9 Å². The topological polar surface area (TPSA) is 65.1 Å². The summed E-state index contributed by atoms with van der Waals surface area (Å²) in [4.78, 5) is 26.5. The maximum Gasteiger partial charge on any atom is 0.312 e. The minimum absolute atomic E-state index is 0.00760. The Labute approximate surface area is 130 Å². The van der Waals surface area contributed by atoms with Gasteiger partial charge in [-0.15, -0.1) is 0 Å². The molecule has 3 aliphatic heterocycles. The molecular formula is C16H23NO5. The van der Waals surface area contributed by atoms with Crippen LogP contribution in [0.5, 0.6) is 0 Å². The fraction of sp³-hybridized carbons (Fsp3) is 0.750. The SMILES string of the molecule is COC(=O)[C@@H]1[C@@H]2C=C[C@]3(CN(CCCOC(C)C)C(=O)[C@H]13)O2. The van der Waals surface area contributed by atoms with Gasteiger partial charge >= 0.3 is 5.97 Å². The van der Waals surface area contributed by atoms with Crippen LogP contribution in [0.4, 0.5) is 0 Å². The molecule has 0 aromatic carbocycles. The summed E-state index contributed by atoms with van der Waals surface area (Å²) in [6.45, 7) is 5.74. The highest BCUT2D eigenvalue weighted by atomic mass is 16.5. The summed E-state index contributed by atoms with van der Waals surface area (Å²) in [5.41, 5.74) is -0.639. The Balaban J connectivity index is 1.66. The van der Waals surface area contributed by atoms with E-state index in [4.69, 9.17) is 14.2 Å². The Morgan fingerprint density at radius 2 is 2.32 bits per heavy atom. The Hall–Kier alpha value is -1.40. The lowest BCUT2D eigenvalue weighted by Crippen LogP contribution is -2.39. The highest BCUT2D eigenvalue weighted by molar-refractivity contribution is 5.91. The van der Waals surface area contributed by atoms with E-state index in [9.17, 15) is 9.59 Å². The van der Waals surface area contributed by atoms with Gasteiger partial charge in [0.1, 0.15) is 11.5 Å². The largest absolute Gasteiger partial charge is 0.469 e. The quantitative estimate of drug-likeness (QED) is 0.412. The van der Waals surface area contributed by atoms with E-state index in [0.717, 1.165) is 6.42 Å². The molecule has 6 heteroatoms. The first-order chi connectivity index (χ1) is 10.5. The minimum Gasteiger partial charge on any atom is -0.469 e. The highest BCUT2D eigenvalue weighted by Gasteiger charge is 2.67. The van der Waals surface area contributed by atoms with Crippen molar-refractivity contribution in [3.8, 4) is 0 Å². The number of likely N-dealkylation sites (tertiary alicyclic amines) is 1. The average molecular weight is 309 g/mol. The number of methoxy groups -OCH3 is 1. The van der Waals surface area contributed by atoms with E-state index in [0.29, 0.717) is 19.7 Å². The molecule has 1 spiro atoms. The number of carbonyl (C=O) groups excluding carboxylic acids is 2. The minimum atomic E-state index is -0.639. The number of carbonyl (C=O) groups is 2. The molecule has 3 rings (SSSR count). The van der Waals surface area contributed by atoms with Crippen molar-refractivity contribution in [3.63, 3.8) is 0 Å². The number of amides is 1. The van der Waals surface area contributed by atoms with Crippen molar-refractivity contribution < 1.29 is 23.8 Å². The Kier molecular flexibility index (Phi) is 3.99. The second-order valence-corrected chi connectivity index (χ2v) is 6.46. The van der Waals surface area contributed by atoms with Gasteiger partial charge in [0.2, 0.25) is 5.91 Å². The average Bonchev–Trinajstić information content (AvgIpc) is 3.11. The van der Waals surface area contributed by atoms with Gasteiger partial charge in [-0.1, -0.05) is 12.2 Å². The molecule has 0 aromatic rings. The monoisotopic (exact) mass is 309 g/mol. The summed E-state index contributed by atoms with van der Waals surface area (Å²) in [6, 6.07) is 0. The number of fused-ring (bicyclic) bond motifs is 1. The molecule has 0 N–H and O–H groups in total. The lowest BCUT2D eigenvalue weighted by Gasteiger charge is -2.22. The van der Waals surface area contributed by atoms with Crippen LogP contribution >= 0.6 is 0 Å². The van der Waals surface area contributed by atoms with Crippen molar-refractivity contribution in [3.05, 3.63) is 12.2 Å². The molecule has 3 aliphatic rings. The number of ether oxygens (including phenoxy) is 3. The van der Waals surface area contributed by atoms with Gasteiger partial charge in [-0.25, -0.2) is 0 Å². The van der Waals surface area contributed by atoms with Gasteiger partial charge in [-0.2, -0.15) is 0 Å². The third-order valence-electron chi connectivity index (χ3n) is 4.68. The smallest absolute Gasteiger partial charge is 0.312 e. The third-order valence-corrected chi connectivity index (χ3v) is 4.68. The van der Waals surface area contributed by atoms with Crippen molar-refractivity contribution in [1.29, 1.82) is 0 Å². The first-order valence-electron chi connectivity index (χ1n) is 7.84. The van der Waals surface area contributed by atoms with E-state index in [1.54, 1.807) is 4.90 Å².